The van der Waals surface area contributed by atoms with Crippen LogP contribution < -0.4 is 11.0 Å². The van der Waals surface area contributed by atoms with Crippen molar-refractivity contribution in [1.29, 1.82) is 0 Å². The Morgan fingerprint density at radius 2 is 2.00 bits per heavy atom. The van der Waals surface area contributed by atoms with Gasteiger partial charge in [0.1, 0.15) is 6.54 Å². The largest absolute Gasteiger partial charge is 0.494 e. The van der Waals surface area contributed by atoms with Crippen LogP contribution in [0.1, 0.15) is 0 Å². The maximum absolute atomic E-state index is 12.0. The topological polar surface area (TPSA) is 62.5 Å². The summed E-state index contributed by atoms with van der Waals surface area (Å²) in [5.41, 5.74) is -1.55. The molecule has 0 aliphatic carbocycles. The molecular weight excluding hydrogens is 214 g/mol. The maximum Gasteiger partial charge on any atom is 0.494 e. The van der Waals surface area contributed by atoms with Gasteiger partial charge in [-0.3, -0.25) is 4.79 Å². The summed E-state index contributed by atoms with van der Waals surface area (Å²) in [6.07, 6.45) is -3.59. The zero-order valence-electron chi connectivity index (χ0n) is 7.40. The zero-order valence-corrected chi connectivity index (χ0v) is 7.40. The van der Waals surface area contributed by atoms with E-state index in [2.05, 4.69) is 0 Å². The molecule has 1 aromatic rings. The smallest absolute Gasteiger partial charge is 0.423 e. The first-order chi connectivity index (χ1) is 6.81. The fourth-order valence-electron chi connectivity index (χ4n) is 1.07. The van der Waals surface area contributed by atoms with Crippen LogP contribution in [0.15, 0.2) is 23.1 Å². The highest BCUT2D eigenvalue weighted by Crippen LogP contribution is 2.15. The Bertz CT molecular complexity index is 401. The molecule has 0 fully saturated rings. The standard InChI is InChI=1S/C7H7BF3NO3/c9-7(10,11)4-12-3-1-2-5(6(12)13)8(14)15/h1-3,14-15H,4H2. The molecule has 1 heterocycles. The number of alkyl halides is 3. The van der Waals surface area contributed by atoms with Crippen LogP contribution >= 0.6 is 0 Å². The highest BCUT2D eigenvalue weighted by molar-refractivity contribution is 6.58. The number of nitrogens with zero attached hydrogens (tertiary/aromatic N) is 1. The minimum atomic E-state index is -4.52. The van der Waals surface area contributed by atoms with Crippen LogP contribution in [0.2, 0.25) is 0 Å². The first kappa shape index (κ1) is 11.8. The molecule has 0 saturated heterocycles. The lowest BCUT2D eigenvalue weighted by atomic mass is 9.81. The van der Waals surface area contributed by atoms with Gasteiger partial charge >= 0.3 is 13.3 Å². The van der Waals surface area contributed by atoms with Crippen molar-refractivity contribution in [3.8, 4) is 0 Å². The van der Waals surface area contributed by atoms with E-state index in [1.807, 2.05) is 0 Å². The third-order valence-corrected chi connectivity index (χ3v) is 1.68. The normalized spacial score (nSPS) is 11.5. The second-order valence-electron chi connectivity index (χ2n) is 2.89. The van der Waals surface area contributed by atoms with Gasteiger partial charge in [0.15, 0.2) is 0 Å². The van der Waals surface area contributed by atoms with Crippen LogP contribution in [-0.2, 0) is 6.54 Å². The molecule has 0 aliphatic rings. The Morgan fingerprint density at radius 1 is 1.40 bits per heavy atom. The predicted molar refractivity (Wildman–Crippen MR) is 46.6 cm³/mol. The monoisotopic (exact) mass is 221 g/mol. The van der Waals surface area contributed by atoms with E-state index in [1.165, 1.54) is 0 Å². The Balaban J connectivity index is 3.11. The van der Waals surface area contributed by atoms with Crippen LogP contribution in [0.4, 0.5) is 13.2 Å². The van der Waals surface area contributed by atoms with Crippen LogP contribution in [0.3, 0.4) is 0 Å². The number of halogens is 3. The maximum atomic E-state index is 12.0. The van der Waals surface area contributed by atoms with Crippen molar-refractivity contribution in [3.05, 3.63) is 28.7 Å². The van der Waals surface area contributed by atoms with E-state index in [0.717, 1.165) is 18.3 Å². The molecule has 0 aliphatic heterocycles. The van der Waals surface area contributed by atoms with Gasteiger partial charge < -0.3 is 14.6 Å². The molecule has 4 nitrogen and oxygen atoms in total. The second-order valence-corrected chi connectivity index (χ2v) is 2.89. The second kappa shape index (κ2) is 4.07. The van der Waals surface area contributed by atoms with Crippen molar-refractivity contribution in [1.82, 2.24) is 4.57 Å². The van der Waals surface area contributed by atoms with E-state index >= 15 is 0 Å². The first-order valence-electron chi connectivity index (χ1n) is 3.93. The number of aromatic nitrogens is 1. The van der Waals surface area contributed by atoms with Crippen molar-refractivity contribution in [2.75, 3.05) is 0 Å². The number of pyridine rings is 1. The predicted octanol–water partition coefficient (Wildman–Crippen LogP) is -0.910. The third-order valence-electron chi connectivity index (χ3n) is 1.68. The molecule has 0 bridgehead atoms. The van der Waals surface area contributed by atoms with E-state index in [0.29, 0.717) is 4.57 Å². The lowest BCUT2D eigenvalue weighted by Crippen LogP contribution is -2.46. The molecule has 0 atom stereocenters. The van der Waals surface area contributed by atoms with Gasteiger partial charge in [-0.15, -0.1) is 0 Å². The lowest BCUT2D eigenvalue weighted by Gasteiger charge is -2.10. The van der Waals surface area contributed by atoms with Gasteiger partial charge in [0.25, 0.3) is 5.56 Å². The fourth-order valence-corrected chi connectivity index (χ4v) is 1.07. The number of hydrogen-bond donors (Lipinski definition) is 2. The van der Waals surface area contributed by atoms with Crippen LogP contribution in [0.5, 0.6) is 0 Å². The average Bonchev–Trinajstić information content (AvgIpc) is 2.05. The molecule has 0 saturated carbocycles. The molecule has 0 radical (unpaired) electrons. The summed E-state index contributed by atoms with van der Waals surface area (Å²) in [5, 5.41) is 17.4. The fraction of sp³-hybridized carbons (Fsp3) is 0.286. The molecule has 15 heavy (non-hydrogen) atoms. The van der Waals surface area contributed by atoms with Crippen molar-refractivity contribution in [2.24, 2.45) is 0 Å². The van der Waals surface area contributed by atoms with E-state index in [4.69, 9.17) is 10.0 Å². The van der Waals surface area contributed by atoms with Crippen LogP contribution in [0, 0.1) is 0 Å². The molecule has 2 N–H and O–H groups in total. The molecule has 0 aromatic carbocycles. The molecule has 0 spiro atoms. The molecule has 1 aromatic heterocycles. The van der Waals surface area contributed by atoms with Gasteiger partial charge in [0.05, 0.1) is 0 Å². The zero-order chi connectivity index (χ0) is 11.6. The Kier molecular flexibility index (Phi) is 3.20. The van der Waals surface area contributed by atoms with Gasteiger partial charge in [-0.25, -0.2) is 0 Å². The summed E-state index contributed by atoms with van der Waals surface area (Å²) in [6, 6.07) is 2.20. The third kappa shape index (κ3) is 3.10. The lowest BCUT2D eigenvalue weighted by molar-refractivity contribution is -0.141. The summed E-state index contributed by atoms with van der Waals surface area (Å²) < 4.78 is 36.3. The summed E-state index contributed by atoms with van der Waals surface area (Å²) in [7, 11) is -2.07. The Labute approximate surface area is 82.7 Å². The minimum Gasteiger partial charge on any atom is -0.423 e. The molecule has 8 heteroatoms. The summed E-state index contributed by atoms with van der Waals surface area (Å²) in [5.74, 6) is 0. The summed E-state index contributed by atoms with van der Waals surface area (Å²) in [6.45, 7) is -1.45. The van der Waals surface area contributed by atoms with Crippen molar-refractivity contribution in [2.45, 2.75) is 12.7 Å². The SMILES string of the molecule is O=c1c(B(O)O)cccn1CC(F)(F)F. The number of rotatable bonds is 2. The van der Waals surface area contributed by atoms with Crippen LogP contribution in [-0.4, -0.2) is 27.9 Å². The molecule has 82 valence electrons. The first-order valence-corrected chi connectivity index (χ1v) is 3.93. The molecule has 1 rings (SSSR count). The van der Waals surface area contributed by atoms with Gasteiger partial charge in [0.2, 0.25) is 0 Å². The summed E-state index contributed by atoms with van der Waals surface area (Å²) >= 11 is 0. The van der Waals surface area contributed by atoms with Gasteiger partial charge in [-0.2, -0.15) is 13.2 Å². The number of hydrogen-bond acceptors (Lipinski definition) is 3. The average molecular weight is 221 g/mol. The van der Waals surface area contributed by atoms with Gasteiger partial charge in [-0.05, 0) is 6.07 Å². The van der Waals surface area contributed by atoms with E-state index in [-0.39, 0.29) is 0 Å². The quantitative estimate of drug-likeness (QED) is 0.635. The minimum absolute atomic E-state index is 0.370. The van der Waals surface area contributed by atoms with E-state index in [9.17, 15) is 18.0 Å². The van der Waals surface area contributed by atoms with Gasteiger partial charge in [0, 0.05) is 11.7 Å². The molecular formula is C7H7BF3NO3. The Hall–Kier alpha value is -1.28. The highest BCUT2D eigenvalue weighted by atomic mass is 19.4. The van der Waals surface area contributed by atoms with Crippen LogP contribution in [0.25, 0.3) is 0 Å². The van der Waals surface area contributed by atoms with Crippen molar-refractivity contribution >= 4 is 12.6 Å². The van der Waals surface area contributed by atoms with E-state index in [1.54, 1.807) is 0 Å². The van der Waals surface area contributed by atoms with Crippen molar-refractivity contribution < 1.29 is 23.2 Å². The molecule has 0 unspecified atom stereocenters. The summed E-state index contributed by atoms with van der Waals surface area (Å²) in [4.78, 5) is 11.2. The Morgan fingerprint density at radius 3 is 2.47 bits per heavy atom. The van der Waals surface area contributed by atoms with E-state index < -0.39 is 30.9 Å². The van der Waals surface area contributed by atoms with Gasteiger partial charge in [-0.1, -0.05) is 6.07 Å². The highest BCUT2D eigenvalue weighted by Gasteiger charge is 2.29. The molecule has 0 amide bonds. The van der Waals surface area contributed by atoms with Crippen molar-refractivity contribution in [3.63, 3.8) is 0 Å².